The molecule has 15 nitrogen and oxygen atoms in total. The summed E-state index contributed by atoms with van der Waals surface area (Å²) in [6.07, 6.45) is 5.83. The average molecular weight is 2780 g/mol. The second-order valence-electron chi connectivity index (χ2n) is 35.6. The van der Waals surface area contributed by atoms with E-state index in [1.54, 1.807) is 0 Å². The maximum atomic E-state index is 10.0. The molecule has 0 atom stereocenters. The standard InChI is InChI=1S/C20H22NSi.2C19H18N.2C18H16N.5C5H8O2.5Ir/c1-14-10-15(2)12-17(11-14)20-8-6-16-13-18(22(3,4)5)7-9-19(16)21-20;1-12-7-13(2)10-16(9-12)18-6-5-17-15(4)8-14(3)11-19(17)20-18;1-12-5-6-17-15(4)11-18(20-19(17)10-12)16-8-13(2)7-14(3)9-16;1-12-4-6-17-15(9-12)5-7-18(19-17)16-10-13(2)8-14(3)11-16;1-12-4-5-15-6-7-17(19-18(15)11-12)16-9-13(2)8-14(3)10-16;5*1-4(6)3-5(2)7;;;;;/h6-11,13H,1-5H3;5-9,11H,1-4H3;5-8,10-11H,1-4H3;4-10H,1-3H3;4-9,11H,1-3H3;5*3,6H,1-2H3;;;;;/q5*-1;;;;;;;;;;. The average Bonchev–Trinajstić information content (AvgIpc) is 0.814. The second-order valence-corrected chi connectivity index (χ2v) is 40.7. The molecule has 5 aromatic heterocycles. The number of benzene rings is 10. The van der Waals surface area contributed by atoms with Gasteiger partial charge >= 0.3 is 0 Å². The van der Waals surface area contributed by atoms with E-state index in [-0.39, 0.29) is 158 Å². The van der Waals surface area contributed by atoms with Crippen molar-refractivity contribution in [3.63, 3.8) is 0 Å². The molecule has 0 fully saturated rings. The number of nitrogens with zero attached hydrogens (tertiary/aromatic N) is 5. The van der Waals surface area contributed by atoms with Crippen molar-refractivity contribution in [2.24, 2.45) is 0 Å². The van der Waals surface area contributed by atoms with Crippen molar-refractivity contribution in [1.82, 2.24) is 24.9 Å². The molecule has 0 amide bonds. The molecule has 5 N–H and O–H groups in total. The minimum Gasteiger partial charge on any atom is -0.512 e. The molecule has 10 aromatic carbocycles. The van der Waals surface area contributed by atoms with E-state index in [2.05, 4.69) is 361 Å². The first kappa shape index (κ1) is 127. The van der Waals surface area contributed by atoms with Crippen LogP contribution in [0.5, 0.6) is 0 Å². The third kappa shape index (κ3) is 45.1. The number of hydrogen-bond acceptors (Lipinski definition) is 15. The van der Waals surface area contributed by atoms with Gasteiger partial charge in [0, 0.05) is 142 Å². The van der Waals surface area contributed by atoms with Gasteiger partial charge in [-0.25, -0.2) is 0 Å². The number of aryl methyl sites for hydroxylation is 16. The van der Waals surface area contributed by atoms with Crippen LogP contribution in [0, 0.1) is 141 Å². The van der Waals surface area contributed by atoms with Gasteiger partial charge in [-0.15, -0.1) is 174 Å². The minimum absolute atomic E-state index is 0. The molecule has 0 saturated heterocycles. The topological polar surface area (TPSA) is 251 Å². The predicted molar refractivity (Wildman–Crippen MR) is 564 cm³/mol. The van der Waals surface area contributed by atoms with Gasteiger partial charge in [0.05, 0.1) is 64.5 Å². The molecule has 21 heteroatoms. The molecule has 5 radical (unpaired) electrons. The second kappa shape index (κ2) is 60.8. The van der Waals surface area contributed by atoms with Gasteiger partial charge in [0.1, 0.15) is 0 Å². The van der Waals surface area contributed by atoms with Crippen LogP contribution in [0.15, 0.2) is 259 Å². The van der Waals surface area contributed by atoms with Gasteiger partial charge in [0.2, 0.25) is 0 Å². The summed E-state index contributed by atoms with van der Waals surface area (Å²) in [7, 11) is -1.28. The van der Waals surface area contributed by atoms with E-state index in [1.165, 1.54) is 193 Å². The molecule has 0 spiro atoms. The fourth-order valence-electron chi connectivity index (χ4n) is 14.5. The Morgan fingerprint density at radius 2 is 0.471 bits per heavy atom. The third-order valence-electron chi connectivity index (χ3n) is 19.8. The zero-order valence-corrected chi connectivity index (χ0v) is 98.6. The Morgan fingerprint density at radius 1 is 0.236 bits per heavy atom. The van der Waals surface area contributed by atoms with Crippen LogP contribution in [0.2, 0.25) is 19.6 Å². The van der Waals surface area contributed by atoms with Crippen molar-refractivity contribution >= 4 is 96.7 Å². The maximum Gasteiger partial charge on any atom is 0.155 e. The number of pyridine rings is 5. The van der Waals surface area contributed by atoms with Gasteiger partial charge in [0.15, 0.2) is 28.9 Å². The van der Waals surface area contributed by atoms with Crippen LogP contribution in [0.3, 0.4) is 0 Å². The Bertz CT molecular complexity index is 6690. The van der Waals surface area contributed by atoms with Crippen molar-refractivity contribution < 1.29 is 150 Å². The summed E-state index contributed by atoms with van der Waals surface area (Å²) in [5, 5.41) is 49.3. The number of carbonyl (C=O) groups is 5. The van der Waals surface area contributed by atoms with E-state index < -0.39 is 8.07 Å². The number of rotatable bonds is 11. The zero-order valence-electron chi connectivity index (χ0n) is 85.6. The molecule has 745 valence electrons. The Hall–Kier alpha value is -11.2. The smallest absolute Gasteiger partial charge is 0.155 e. The predicted octanol–water partition coefficient (Wildman–Crippen LogP) is 29.2. The van der Waals surface area contributed by atoms with Crippen molar-refractivity contribution in [2.45, 2.75) is 200 Å². The van der Waals surface area contributed by atoms with Gasteiger partial charge in [-0.2, -0.15) is 0 Å². The molecule has 0 aliphatic rings. The van der Waals surface area contributed by atoms with E-state index >= 15 is 0 Å². The van der Waals surface area contributed by atoms with Gasteiger partial charge in [-0.1, -0.05) is 203 Å². The van der Waals surface area contributed by atoms with Crippen LogP contribution in [0.4, 0.5) is 0 Å². The molecule has 5 heterocycles. The van der Waals surface area contributed by atoms with Crippen LogP contribution in [0.25, 0.3) is 111 Å². The molecule has 140 heavy (non-hydrogen) atoms. The van der Waals surface area contributed by atoms with E-state index in [4.69, 9.17) is 50.5 Å². The quantitative estimate of drug-likeness (QED) is 0.0349. The molecule has 0 aliphatic carbocycles. The molecule has 0 bridgehead atoms. The Balaban J connectivity index is 0.000000800. The SMILES string of the molecule is CC(=O)C=C(C)O.CC(=O)C=C(C)O.CC(=O)C=C(C)O.CC(=O)C=C(C)O.CC(=O)C=C(C)O.Cc1[c-]c(-c2cc(C)c3ccc(C)cc3n2)cc(C)c1.Cc1[c-]c(-c2ccc3c(C)cc(C)cc3n2)cc(C)c1.Cc1[c-]c(-c2ccc3cc(C)ccc3n2)cc(C)c1.Cc1[c-]c(-c2ccc3cc([Si](C)(C)C)ccc3n2)cc(C)c1.Cc1[c-]c(-c2ccc3ccc(C)cc3n2)cc(C)c1.[Ir].[Ir].[Ir].[Ir].[Ir]. The third-order valence-corrected chi connectivity index (χ3v) is 21.8. The summed E-state index contributed by atoms with van der Waals surface area (Å²) < 4.78 is 0. The molecular formula is C119H130Ir5N5O10Si-5. The van der Waals surface area contributed by atoms with E-state index in [9.17, 15) is 24.0 Å². The Kier molecular flexibility index (Phi) is 55.1. The van der Waals surface area contributed by atoms with E-state index in [0.717, 1.165) is 112 Å². The number of fused-ring (bicyclic) bond motifs is 5. The van der Waals surface area contributed by atoms with Crippen molar-refractivity contribution in [2.75, 3.05) is 0 Å². The van der Waals surface area contributed by atoms with Crippen molar-refractivity contribution in [3.05, 3.63) is 379 Å². The first-order valence-electron chi connectivity index (χ1n) is 44.6. The fraction of sp³-hybridized carbons (Fsp3) is 0.244. The number of allylic oxidation sites excluding steroid dienone is 10. The summed E-state index contributed by atoms with van der Waals surface area (Å²) >= 11 is 0. The number of aromatic nitrogens is 5. The number of hydrogen-bond donors (Lipinski definition) is 5. The maximum absolute atomic E-state index is 10.0. The largest absolute Gasteiger partial charge is 0.512 e. The summed E-state index contributed by atoms with van der Waals surface area (Å²) in [5.41, 5.74) is 35.2. The first-order valence-corrected chi connectivity index (χ1v) is 48.1. The molecule has 15 aromatic rings. The normalized spacial score (nSPS) is 10.8. The van der Waals surface area contributed by atoms with Gasteiger partial charge < -0.3 is 25.5 Å². The van der Waals surface area contributed by atoms with Crippen LogP contribution in [-0.2, 0) is 124 Å². The zero-order chi connectivity index (χ0) is 101. The molecule has 0 unspecified atom stereocenters. The molecular weight excluding hydrogens is 2650 g/mol. The summed E-state index contributed by atoms with van der Waals surface area (Å²) in [4.78, 5) is 74.1. The number of ketones is 5. The number of aliphatic hydroxyl groups excluding tert-OH is 5. The Morgan fingerprint density at radius 3 is 0.793 bits per heavy atom. The van der Waals surface area contributed by atoms with Gasteiger partial charge in [0.25, 0.3) is 0 Å². The Labute approximate surface area is 898 Å². The van der Waals surface area contributed by atoms with E-state index in [0.29, 0.717) is 0 Å². The summed E-state index contributed by atoms with van der Waals surface area (Å²) in [6, 6.07) is 87.7. The van der Waals surface area contributed by atoms with Gasteiger partial charge in [-0.05, 0) is 220 Å². The molecule has 0 aliphatic heterocycles. The summed E-state index contributed by atoms with van der Waals surface area (Å²) in [6.45, 7) is 55.0. The fourth-order valence-corrected chi connectivity index (χ4v) is 15.7. The molecule has 0 saturated carbocycles. The van der Waals surface area contributed by atoms with E-state index in [1.807, 2.05) is 0 Å². The number of aliphatic hydroxyl groups is 5. The molecule has 15 rings (SSSR count). The van der Waals surface area contributed by atoms with Crippen LogP contribution >= 0.6 is 0 Å². The van der Waals surface area contributed by atoms with Crippen molar-refractivity contribution in [1.29, 1.82) is 0 Å². The monoisotopic (exact) mass is 2780 g/mol. The minimum atomic E-state index is -1.28. The van der Waals surface area contributed by atoms with Crippen molar-refractivity contribution in [3.8, 4) is 56.3 Å². The van der Waals surface area contributed by atoms with Crippen LogP contribution < -0.4 is 5.19 Å². The van der Waals surface area contributed by atoms with Crippen LogP contribution in [0.1, 0.15) is 158 Å². The van der Waals surface area contributed by atoms with Gasteiger partial charge in [-0.3, -0.25) is 48.9 Å². The first-order chi connectivity index (χ1) is 63.2. The summed E-state index contributed by atoms with van der Waals surface area (Å²) in [5.74, 6) is -0.312. The number of carbonyl (C=O) groups excluding carboxylic acids is 5. The van der Waals surface area contributed by atoms with Crippen LogP contribution in [-0.4, -0.2) is 87.4 Å².